The molecule has 0 heterocycles. The van der Waals surface area contributed by atoms with E-state index in [2.05, 4.69) is 22.9 Å². The largest absolute Gasteiger partial charge is 0.398 e. The molecule has 5 heteroatoms. The second-order valence-electron chi connectivity index (χ2n) is 4.77. The van der Waals surface area contributed by atoms with Crippen LogP contribution in [0.25, 0.3) is 0 Å². The number of nitrogens with two attached hydrogens (primary N) is 1. The first-order valence-electron chi connectivity index (χ1n) is 6.75. The van der Waals surface area contributed by atoms with Crippen molar-refractivity contribution in [3.63, 3.8) is 0 Å². The Labute approximate surface area is 124 Å². The lowest BCUT2D eigenvalue weighted by atomic mass is 10.1. The van der Waals surface area contributed by atoms with Crippen LogP contribution in [0.1, 0.15) is 45.4 Å². The minimum atomic E-state index is -3.25. The van der Waals surface area contributed by atoms with Crippen LogP contribution in [0.3, 0.4) is 0 Å². The molecule has 0 radical (unpaired) electrons. The van der Waals surface area contributed by atoms with E-state index < -0.39 is 9.84 Å². The van der Waals surface area contributed by atoms with Gasteiger partial charge in [0.1, 0.15) is 0 Å². The van der Waals surface area contributed by atoms with E-state index in [1.165, 1.54) is 19.3 Å². The van der Waals surface area contributed by atoms with Gasteiger partial charge in [-0.25, -0.2) is 8.42 Å². The van der Waals surface area contributed by atoms with Crippen LogP contribution in [0.2, 0.25) is 0 Å². The molecule has 19 heavy (non-hydrogen) atoms. The van der Waals surface area contributed by atoms with E-state index in [-0.39, 0.29) is 10.6 Å². The normalized spacial score (nSPS) is 11.7. The summed E-state index contributed by atoms with van der Waals surface area (Å²) in [7, 11) is -3.25. The molecule has 0 spiro atoms. The van der Waals surface area contributed by atoms with Crippen molar-refractivity contribution in [2.45, 2.75) is 50.3 Å². The van der Waals surface area contributed by atoms with Gasteiger partial charge in [-0.2, -0.15) is 0 Å². The van der Waals surface area contributed by atoms with Crippen molar-refractivity contribution in [3.8, 4) is 0 Å². The van der Waals surface area contributed by atoms with E-state index in [1.54, 1.807) is 18.2 Å². The molecule has 0 fully saturated rings. The maximum atomic E-state index is 12.2. The van der Waals surface area contributed by atoms with Crippen LogP contribution in [-0.4, -0.2) is 14.2 Å². The molecular formula is C14H22BrNO2S. The summed E-state index contributed by atoms with van der Waals surface area (Å²) in [6.45, 7) is 2.17. The van der Waals surface area contributed by atoms with E-state index in [0.29, 0.717) is 12.1 Å². The summed E-state index contributed by atoms with van der Waals surface area (Å²) in [4.78, 5) is 0.254. The van der Waals surface area contributed by atoms with Gasteiger partial charge in [0.25, 0.3) is 0 Å². The molecule has 1 aromatic rings. The van der Waals surface area contributed by atoms with Crippen molar-refractivity contribution in [1.29, 1.82) is 0 Å². The molecule has 0 aromatic heterocycles. The molecule has 0 aliphatic carbocycles. The summed E-state index contributed by atoms with van der Waals surface area (Å²) in [5, 5.41) is 0. The third-order valence-electron chi connectivity index (χ3n) is 3.07. The van der Waals surface area contributed by atoms with Crippen LogP contribution in [0.4, 0.5) is 5.69 Å². The van der Waals surface area contributed by atoms with Gasteiger partial charge in [0.2, 0.25) is 0 Å². The highest BCUT2D eigenvalue weighted by molar-refractivity contribution is 9.10. The van der Waals surface area contributed by atoms with E-state index in [0.717, 1.165) is 17.3 Å². The van der Waals surface area contributed by atoms with Gasteiger partial charge in [0.05, 0.1) is 16.3 Å². The Morgan fingerprint density at radius 3 is 2.37 bits per heavy atom. The SMILES string of the molecule is CCCCCCCCS(=O)(=O)c1ccc(Br)cc1N. The third kappa shape index (κ3) is 5.53. The first kappa shape index (κ1) is 16.5. The van der Waals surface area contributed by atoms with Crippen molar-refractivity contribution in [2.24, 2.45) is 0 Å². The number of sulfone groups is 1. The predicted molar refractivity (Wildman–Crippen MR) is 84.0 cm³/mol. The first-order valence-corrected chi connectivity index (χ1v) is 9.19. The standard InChI is InChI=1S/C14H22BrNO2S/c1-2-3-4-5-6-7-10-19(17,18)14-9-8-12(15)11-13(14)16/h8-9,11H,2-7,10,16H2,1H3. The number of nitrogen functional groups attached to an aromatic ring is 1. The van der Waals surface area contributed by atoms with Gasteiger partial charge in [0.15, 0.2) is 9.84 Å². The van der Waals surface area contributed by atoms with Crippen molar-refractivity contribution in [3.05, 3.63) is 22.7 Å². The Kier molecular flexibility index (Phi) is 6.86. The monoisotopic (exact) mass is 347 g/mol. The second kappa shape index (κ2) is 7.90. The van der Waals surface area contributed by atoms with Crippen molar-refractivity contribution in [1.82, 2.24) is 0 Å². The number of hydrogen-bond acceptors (Lipinski definition) is 3. The van der Waals surface area contributed by atoms with Gasteiger partial charge < -0.3 is 5.73 Å². The van der Waals surface area contributed by atoms with E-state index >= 15 is 0 Å². The van der Waals surface area contributed by atoms with Crippen LogP contribution in [0.15, 0.2) is 27.6 Å². The van der Waals surface area contributed by atoms with E-state index in [9.17, 15) is 8.42 Å². The number of benzene rings is 1. The first-order chi connectivity index (χ1) is 8.97. The summed E-state index contributed by atoms with van der Waals surface area (Å²) in [6, 6.07) is 4.92. The van der Waals surface area contributed by atoms with Crippen molar-refractivity contribution >= 4 is 31.5 Å². The molecule has 0 atom stereocenters. The number of hydrogen-bond donors (Lipinski definition) is 1. The number of unbranched alkanes of at least 4 members (excludes halogenated alkanes) is 5. The van der Waals surface area contributed by atoms with Crippen LogP contribution in [0.5, 0.6) is 0 Å². The average molecular weight is 348 g/mol. The number of halogens is 1. The van der Waals surface area contributed by atoms with Gasteiger partial charge in [-0.1, -0.05) is 55.0 Å². The van der Waals surface area contributed by atoms with Gasteiger partial charge in [-0.3, -0.25) is 0 Å². The lowest BCUT2D eigenvalue weighted by Gasteiger charge is -2.08. The molecule has 0 aliphatic heterocycles. The summed E-state index contributed by atoms with van der Waals surface area (Å²) in [5.41, 5.74) is 6.09. The molecule has 0 unspecified atom stereocenters. The smallest absolute Gasteiger partial charge is 0.180 e. The maximum absolute atomic E-state index is 12.2. The van der Waals surface area contributed by atoms with Crippen LogP contribution in [-0.2, 0) is 9.84 Å². The minimum Gasteiger partial charge on any atom is -0.398 e. The Bertz CT molecular complexity index is 500. The number of rotatable bonds is 8. The Morgan fingerprint density at radius 2 is 1.74 bits per heavy atom. The predicted octanol–water partition coefficient (Wildman–Crippen LogP) is 4.17. The van der Waals surface area contributed by atoms with Gasteiger partial charge in [-0.15, -0.1) is 0 Å². The molecule has 0 saturated carbocycles. The highest BCUT2D eigenvalue weighted by atomic mass is 79.9. The summed E-state index contributed by atoms with van der Waals surface area (Å²) in [6.07, 6.45) is 6.41. The van der Waals surface area contributed by atoms with Crippen LogP contribution >= 0.6 is 15.9 Å². The zero-order valence-electron chi connectivity index (χ0n) is 11.4. The molecule has 108 valence electrons. The molecule has 0 amide bonds. The maximum Gasteiger partial charge on any atom is 0.180 e. The fourth-order valence-electron chi connectivity index (χ4n) is 1.98. The fraction of sp³-hybridized carbons (Fsp3) is 0.571. The van der Waals surface area contributed by atoms with Crippen molar-refractivity contribution in [2.75, 3.05) is 11.5 Å². The molecule has 0 bridgehead atoms. The quantitative estimate of drug-likeness (QED) is 0.567. The Hall–Kier alpha value is -0.550. The Balaban J connectivity index is 2.52. The van der Waals surface area contributed by atoms with Crippen molar-refractivity contribution < 1.29 is 8.42 Å². The average Bonchev–Trinajstić information content (AvgIpc) is 2.33. The summed E-state index contributed by atoms with van der Waals surface area (Å²) >= 11 is 3.28. The van der Waals surface area contributed by atoms with E-state index in [4.69, 9.17) is 5.73 Å². The highest BCUT2D eigenvalue weighted by Crippen LogP contribution is 2.24. The summed E-state index contributed by atoms with van der Waals surface area (Å²) in [5.74, 6) is 0.185. The lowest BCUT2D eigenvalue weighted by Crippen LogP contribution is -2.09. The third-order valence-corrected chi connectivity index (χ3v) is 5.43. The van der Waals surface area contributed by atoms with E-state index in [1.807, 2.05) is 0 Å². The van der Waals surface area contributed by atoms with Crippen LogP contribution < -0.4 is 5.73 Å². The fourth-order valence-corrected chi connectivity index (χ4v) is 3.86. The minimum absolute atomic E-state index is 0.185. The van der Waals surface area contributed by atoms with Gasteiger partial charge >= 0.3 is 0 Å². The molecule has 2 N–H and O–H groups in total. The summed E-state index contributed by atoms with van der Waals surface area (Å²) < 4.78 is 25.1. The Morgan fingerprint density at radius 1 is 1.11 bits per heavy atom. The van der Waals surface area contributed by atoms with Crippen LogP contribution in [0, 0.1) is 0 Å². The molecule has 1 aromatic carbocycles. The molecular weight excluding hydrogens is 326 g/mol. The lowest BCUT2D eigenvalue weighted by molar-refractivity contribution is 0.584. The molecule has 1 rings (SSSR count). The van der Waals surface area contributed by atoms with Gasteiger partial charge in [-0.05, 0) is 24.6 Å². The topological polar surface area (TPSA) is 60.2 Å². The molecule has 3 nitrogen and oxygen atoms in total. The van der Waals surface area contributed by atoms with Gasteiger partial charge in [0, 0.05) is 4.47 Å². The number of anilines is 1. The second-order valence-corrected chi connectivity index (χ2v) is 7.76. The molecule has 0 saturated heterocycles. The molecule has 0 aliphatic rings. The highest BCUT2D eigenvalue weighted by Gasteiger charge is 2.17. The zero-order valence-corrected chi connectivity index (χ0v) is 13.8. The zero-order chi connectivity index (χ0) is 14.3.